The molecular formula is C17H27ClN2. The van der Waals surface area contributed by atoms with Crippen molar-refractivity contribution in [2.75, 3.05) is 19.6 Å². The van der Waals surface area contributed by atoms with Gasteiger partial charge in [0.2, 0.25) is 0 Å². The van der Waals surface area contributed by atoms with Crippen LogP contribution < -0.4 is 5.73 Å². The fourth-order valence-corrected chi connectivity index (χ4v) is 3.20. The van der Waals surface area contributed by atoms with Gasteiger partial charge in [0, 0.05) is 23.7 Å². The molecule has 2 rings (SSSR count). The molecule has 0 heterocycles. The van der Waals surface area contributed by atoms with Crippen LogP contribution in [-0.4, -0.2) is 30.1 Å². The first-order valence-corrected chi connectivity index (χ1v) is 8.15. The van der Waals surface area contributed by atoms with E-state index in [0.717, 1.165) is 23.9 Å². The van der Waals surface area contributed by atoms with E-state index in [1.807, 2.05) is 12.1 Å². The molecule has 1 atom stereocenters. The number of nitrogens with zero attached hydrogens (tertiary/aromatic N) is 1. The molecule has 0 radical (unpaired) electrons. The molecule has 20 heavy (non-hydrogen) atoms. The van der Waals surface area contributed by atoms with E-state index in [0.29, 0.717) is 6.54 Å². The van der Waals surface area contributed by atoms with Gasteiger partial charge in [-0.2, -0.15) is 0 Å². The number of benzene rings is 1. The molecule has 112 valence electrons. The fourth-order valence-electron chi connectivity index (χ4n) is 3.07. The Morgan fingerprint density at radius 1 is 1.30 bits per heavy atom. The summed E-state index contributed by atoms with van der Waals surface area (Å²) >= 11 is 5.97. The van der Waals surface area contributed by atoms with Gasteiger partial charge in [0.1, 0.15) is 0 Å². The molecule has 1 aliphatic carbocycles. The summed E-state index contributed by atoms with van der Waals surface area (Å²) in [4.78, 5) is 2.57. The summed E-state index contributed by atoms with van der Waals surface area (Å²) in [5.41, 5.74) is 7.48. The van der Waals surface area contributed by atoms with Crippen LogP contribution in [-0.2, 0) is 6.42 Å². The SMILES string of the molecule is CCN(CC1CCC1)C(C)(CN)Cc1ccc(Cl)cc1. The minimum Gasteiger partial charge on any atom is -0.329 e. The van der Waals surface area contributed by atoms with Gasteiger partial charge in [0.25, 0.3) is 0 Å². The quantitative estimate of drug-likeness (QED) is 0.830. The molecule has 0 aliphatic heterocycles. The molecule has 0 aromatic heterocycles. The third-order valence-corrected chi connectivity index (χ3v) is 5.04. The predicted octanol–water partition coefficient (Wildman–Crippen LogP) is 3.72. The summed E-state index contributed by atoms with van der Waals surface area (Å²) in [6.07, 6.45) is 5.16. The Morgan fingerprint density at radius 2 is 1.95 bits per heavy atom. The van der Waals surface area contributed by atoms with Gasteiger partial charge >= 0.3 is 0 Å². The van der Waals surface area contributed by atoms with Crippen molar-refractivity contribution in [2.45, 2.75) is 45.1 Å². The van der Waals surface area contributed by atoms with Gasteiger partial charge in [-0.15, -0.1) is 0 Å². The van der Waals surface area contributed by atoms with Gasteiger partial charge in [-0.05, 0) is 56.3 Å². The van der Waals surface area contributed by atoms with Crippen LogP contribution >= 0.6 is 11.6 Å². The lowest BCUT2D eigenvalue weighted by molar-refractivity contribution is 0.0759. The Hall–Kier alpha value is -0.570. The van der Waals surface area contributed by atoms with Crippen molar-refractivity contribution in [1.29, 1.82) is 0 Å². The van der Waals surface area contributed by atoms with Crippen molar-refractivity contribution < 1.29 is 0 Å². The number of rotatable bonds is 7. The molecule has 3 heteroatoms. The highest BCUT2D eigenvalue weighted by molar-refractivity contribution is 6.30. The number of hydrogen-bond donors (Lipinski definition) is 1. The molecule has 1 saturated carbocycles. The number of halogens is 1. The van der Waals surface area contributed by atoms with Crippen LogP contribution in [0, 0.1) is 5.92 Å². The third kappa shape index (κ3) is 3.75. The molecule has 2 nitrogen and oxygen atoms in total. The summed E-state index contributed by atoms with van der Waals surface area (Å²) in [5.74, 6) is 0.881. The smallest absolute Gasteiger partial charge is 0.0406 e. The second kappa shape index (κ2) is 6.93. The summed E-state index contributed by atoms with van der Waals surface area (Å²) in [7, 11) is 0. The van der Waals surface area contributed by atoms with E-state index < -0.39 is 0 Å². The zero-order valence-electron chi connectivity index (χ0n) is 12.7. The number of hydrogen-bond acceptors (Lipinski definition) is 2. The molecule has 1 aliphatic rings. The minimum atomic E-state index is 0.0399. The maximum absolute atomic E-state index is 6.13. The van der Waals surface area contributed by atoms with Gasteiger partial charge in [-0.3, -0.25) is 4.90 Å². The van der Waals surface area contributed by atoms with Crippen LogP contribution in [0.5, 0.6) is 0 Å². The first kappa shape index (κ1) is 15.8. The molecule has 1 unspecified atom stereocenters. The van der Waals surface area contributed by atoms with E-state index in [2.05, 4.69) is 30.9 Å². The van der Waals surface area contributed by atoms with E-state index in [-0.39, 0.29) is 5.54 Å². The summed E-state index contributed by atoms with van der Waals surface area (Å²) < 4.78 is 0. The normalized spacial score (nSPS) is 18.9. The van der Waals surface area contributed by atoms with Crippen LogP contribution in [0.3, 0.4) is 0 Å². The molecule has 0 bridgehead atoms. The maximum atomic E-state index is 6.13. The van der Waals surface area contributed by atoms with Crippen LogP contribution in [0.1, 0.15) is 38.7 Å². The Kier molecular flexibility index (Phi) is 5.48. The highest BCUT2D eigenvalue weighted by Gasteiger charge is 2.32. The van der Waals surface area contributed by atoms with Gasteiger partial charge in [-0.25, -0.2) is 0 Å². The van der Waals surface area contributed by atoms with Crippen molar-refractivity contribution in [3.05, 3.63) is 34.9 Å². The Bertz CT molecular complexity index is 414. The van der Waals surface area contributed by atoms with E-state index >= 15 is 0 Å². The van der Waals surface area contributed by atoms with E-state index in [1.165, 1.54) is 31.4 Å². The van der Waals surface area contributed by atoms with E-state index in [1.54, 1.807) is 0 Å². The zero-order valence-corrected chi connectivity index (χ0v) is 13.5. The van der Waals surface area contributed by atoms with Gasteiger partial charge in [-0.1, -0.05) is 37.1 Å². The second-order valence-electron chi connectivity index (χ2n) is 6.34. The molecule has 2 N–H and O–H groups in total. The summed E-state index contributed by atoms with van der Waals surface area (Å²) in [6, 6.07) is 8.17. The molecule has 0 saturated heterocycles. The van der Waals surface area contributed by atoms with Crippen molar-refractivity contribution in [2.24, 2.45) is 11.7 Å². The van der Waals surface area contributed by atoms with E-state index in [9.17, 15) is 0 Å². The fraction of sp³-hybridized carbons (Fsp3) is 0.647. The molecule has 1 aromatic rings. The minimum absolute atomic E-state index is 0.0399. The van der Waals surface area contributed by atoms with Crippen LogP contribution in [0.2, 0.25) is 5.02 Å². The predicted molar refractivity (Wildman–Crippen MR) is 87.2 cm³/mol. The first-order valence-electron chi connectivity index (χ1n) is 7.77. The Morgan fingerprint density at radius 3 is 2.40 bits per heavy atom. The molecule has 1 aromatic carbocycles. The second-order valence-corrected chi connectivity index (χ2v) is 6.78. The largest absolute Gasteiger partial charge is 0.329 e. The zero-order chi connectivity index (χ0) is 14.6. The average Bonchev–Trinajstić information content (AvgIpc) is 2.40. The highest BCUT2D eigenvalue weighted by atomic mass is 35.5. The number of likely N-dealkylation sites (N-methyl/N-ethyl adjacent to an activating group) is 1. The van der Waals surface area contributed by atoms with Gasteiger partial charge < -0.3 is 5.73 Å². The topological polar surface area (TPSA) is 29.3 Å². The summed E-state index contributed by atoms with van der Waals surface area (Å²) in [5, 5.41) is 0.796. The monoisotopic (exact) mass is 294 g/mol. The molecular weight excluding hydrogens is 268 g/mol. The van der Waals surface area contributed by atoms with Crippen molar-refractivity contribution in [1.82, 2.24) is 4.90 Å². The molecule has 0 amide bonds. The Balaban J connectivity index is 2.06. The lowest BCUT2D eigenvalue weighted by atomic mass is 9.82. The molecule has 0 spiro atoms. The van der Waals surface area contributed by atoms with Crippen molar-refractivity contribution in [3.8, 4) is 0 Å². The van der Waals surface area contributed by atoms with Crippen LogP contribution in [0.25, 0.3) is 0 Å². The maximum Gasteiger partial charge on any atom is 0.0406 e. The van der Waals surface area contributed by atoms with Crippen LogP contribution in [0.15, 0.2) is 24.3 Å². The van der Waals surface area contributed by atoms with E-state index in [4.69, 9.17) is 17.3 Å². The lowest BCUT2D eigenvalue weighted by Crippen LogP contribution is -2.55. The van der Waals surface area contributed by atoms with Gasteiger partial charge in [0.05, 0.1) is 0 Å². The lowest BCUT2D eigenvalue weighted by Gasteiger charge is -2.44. The molecule has 1 fully saturated rings. The third-order valence-electron chi connectivity index (χ3n) is 4.79. The highest BCUT2D eigenvalue weighted by Crippen LogP contribution is 2.30. The average molecular weight is 295 g/mol. The van der Waals surface area contributed by atoms with Crippen molar-refractivity contribution in [3.63, 3.8) is 0 Å². The summed E-state index contributed by atoms with van der Waals surface area (Å²) in [6.45, 7) is 7.49. The van der Waals surface area contributed by atoms with Crippen LogP contribution in [0.4, 0.5) is 0 Å². The van der Waals surface area contributed by atoms with Crippen molar-refractivity contribution >= 4 is 11.6 Å². The standard InChI is InChI=1S/C17H27ClN2/c1-3-20(12-15-5-4-6-15)17(2,13-19)11-14-7-9-16(18)10-8-14/h7-10,15H,3-6,11-13,19H2,1-2H3. The van der Waals surface area contributed by atoms with Gasteiger partial charge in [0.15, 0.2) is 0 Å². The Labute approximate surface area is 128 Å². The number of nitrogens with two attached hydrogens (primary N) is 1. The first-order chi connectivity index (χ1) is 9.57.